The van der Waals surface area contributed by atoms with Gasteiger partial charge in [-0.1, -0.05) is 11.6 Å². The van der Waals surface area contributed by atoms with Gasteiger partial charge in [-0.15, -0.1) is 0 Å². The Morgan fingerprint density at radius 1 is 1.22 bits per heavy atom. The number of halogens is 1. The molecule has 6 heteroatoms. The van der Waals surface area contributed by atoms with Crippen LogP contribution in [0.3, 0.4) is 0 Å². The van der Waals surface area contributed by atoms with Crippen molar-refractivity contribution in [2.75, 3.05) is 19.7 Å². The molecule has 0 saturated carbocycles. The standard InChI is InChI=1S/C21H28ClN3O2/c1-16-10-20(11-17(2)21(16)14-26)27-9-3-4-18-5-7-23-12-19(22)13-25-15-24-8-6-18/h10-15,18H,3-9H2,1-2H3,(H,24,25)/b19-13+,23-12?. The summed E-state index contributed by atoms with van der Waals surface area (Å²) < 4.78 is 5.90. The van der Waals surface area contributed by atoms with Gasteiger partial charge in [0.25, 0.3) is 0 Å². The van der Waals surface area contributed by atoms with Gasteiger partial charge in [0.05, 0.1) is 18.0 Å². The fourth-order valence-corrected chi connectivity index (χ4v) is 3.27. The average Bonchev–Trinajstić information content (AvgIpc) is 2.62. The number of benzene rings is 1. The molecular formula is C21H28ClN3O2. The molecule has 0 saturated heterocycles. The zero-order valence-electron chi connectivity index (χ0n) is 16.1. The van der Waals surface area contributed by atoms with Gasteiger partial charge in [0.2, 0.25) is 0 Å². The van der Waals surface area contributed by atoms with E-state index in [0.29, 0.717) is 17.6 Å². The second-order valence-electron chi connectivity index (χ2n) is 6.79. The Hall–Kier alpha value is -2.14. The third-order valence-corrected chi connectivity index (χ3v) is 4.85. The number of aryl methyl sites for hydroxylation is 2. The number of aliphatic imine (C=N–C) groups is 2. The first-order chi connectivity index (χ1) is 13.1. The summed E-state index contributed by atoms with van der Waals surface area (Å²) in [6.07, 6.45) is 10.0. The van der Waals surface area contributed by atoms with Gasteiger partial charge in [-0.2, -0.15) is 0 Å². The van der Waals surface area contributed by atoms with Crippen molar-refractivity contribution in [3.05, 3.63) is 40.1 Å². The van der Waals surface area contributed by atoms with Crippen molar-refractivity contribution in [1.82, 2.24) is 5.32 Å². The lowest BCUT2D eigenvalue weighted by atomic mass is 9.96. The number of carbonyl (C=O) groups excluding carboxylic acids is 1. The van der Waals surface area contributed by atoms with Gasteiger partial charge in [-0.3, -0.25) is 14.8 Å². The maximum absolute atomic E-state index is 11.1. The lowest BCUT2D eigenvalue weighted by Gasteiger charge is -2.16. The van der Waals surface area contributed by atoms with Gasteiger partial charge in [-0.25, -0.2) is 0 Å². The predicted octanol–water partition coefficient (Wildman–Crippen LogP) is 4.45. The number of hydrogen-bond donors (Lipinski definition) is 1. The summed E-state index contributed by atoms with van der Waals surface area (Å²) in [6, 6.07) is 3.86. The summed E-state index contributed by atoms with van der Waals surface area (Å²) in [5, 5.41) is 3.50. The van der Waals surface area contributed by atoms with Crippen molar-refractivity contribution in [1.29, 1.82) is 0 Å². The number of nitrogens with one attached hydrogen (secondary N) is 1. The lowest BCUT2D eigenvalue weighted by molar-refractivity contribution is 0.112. The van der Waals surface area contributed by atoms with Gasteiger partial charge in [-0.05, 0) is 68.7 Å². The first-order valence-electron chi connectivity index (χ1n) is 9.39. The number of ether oxygens (including phenoxy) is 1. The Morgan fingerprint density at radius 2 is 1.93 bits per heavy atom. The molecule has 146 valence electrons. The van der Waals surface area contributed by atoms with Crippen LogP contribution in [0.25, 0.3) is 0 Å². The fraction of sp³-hybridized carbons (Fsp3) is 0.476. The average molecular weight is 390 g/mol. The van der Waals surface area contributed by atoms with Crippen molar-refractivity contribution in [2.45, 2.75) is 39.5 Å². The van der Waals surface area contributed by atoms with Gasteiger partial charge >= 0.3 is 0 Å². The highest BCUT2D eigenvalue weighted by molar-refractivity contribution is 6.39. The van der Waals surface area contributed by atoms with Crippen LogP contribution in [-0.4, -0.2) is 38.5 Å². The molecule has 1 N–H and O–H groups in total. The molecule has 5 nitrogen and oxygen atoms in total. The number of aldehydes is 1. The molecule has 0 aromatic heterocycles. The number of allylic oxidation sites excluding steroid dienone is 1. The van der Waals surface area contributed by atoms with E-state index in [1.807, 2.05) is 26.0 Å². The van der Waals surface area contributed by atoms with E-state index in [0.717, 1.165) is 67.5 Å². The van der Waals surface area contributed by atoms with Crippen LogP contribution in [0.15, 0.2) is 33.3 Å². The Labute approximate surface area is 166 Å². The molecule has 0 radical (unpaired) electrons. The maximum Gasteiger partial charge on any atom is 0.150 e. The summed E-state index contributed by atoms with van der Waals surface area (Å²) in [6.45, 7) is 6.10. The highest BCUT2D eigenvalue weighted by atomic mass is 35.5. The summed E-state index contributed by atoms with van der Waals surface area (Å²) in [7, 11) is 0. The topological polar surface area (TPSA) is 63.0 Å². The summed E-state index contributed by atoms with van der Waals surface area (Å²) >= 11 is 6.00. The fourth-order valence-electron chi connectivity index (χ4n) is 3.14. The Balaban J connectivity index is 1.81. The molecule has 2 rings (SSSR count). The molecule has 1 aliphatic rings. The molecule has 1 aromatic rings. The molecule has 1 heterocycles. The van der Waals surface area contributed by atoms with E-state index in [4.69, 9.17) is 16.3 Å². The van der Waals surface area contributed by atoms with E-state index in [9.17, 15) is 4.79 Å². The van der Waals surface area contributed by atoms with Crippen LogP contribution >= 0.6 is 11.6 Å². The monoisotopic (exact) mass is 389 g/mol. The van der Waals surface area contributed by atoms with Gasteiger partial charge in [0, 0.05) is 31.1 Å². The van der Waals surface area contributed by atoms with Crippen LogP contribution in [0.5, 0.6) is 5.75 Å². The maximum atomic E-state index is 11.1. The summed E-state index contributed by atoms with van der Waals surface area (Å²) in [5.74, 6) is 1.39. The van der Waals surface area contributed by atoms with E-state index in [2.05, 4.69) is 15.3 Å². The molecule has 1 aromatic carbocycles. The van der Waals surface area contributed by atoms with Crippen molar-refractivity contribution in [3.8, 4) is 5.75 Å². The molecule has 0 fully saturated rings. The van der Waals surface area contributed by atoms with E-state index in [1.54, 1.807) is 18.8 Å². The number of nitrogens with zero attached hydrogens (tertiary/aromatic N) is 2. The zero-order chi connectivity index (χ0) is 19.5. The van der Waals surface area contributed by atoms with E-state index < -0.39 is 0 Å². The summed E-state index contributed by atoms with van der Waals surface area (Å²) in [5.41, 5.74) is 2.66. The van der Waals surface area contributed by atoms with E-state index in [-0.39, 0.29) is 0 Å². The minimum Gasteiger partial charge on any atom is -0.494 e. The van der Waals surface area contributed by atoms with E-state index >= 15 is 0 Å². The molecule has 0 amide bonds. The van der Waals surface area contributed by atoms with Crippen molar-refractivity contribution < 1.29 is 9.53 Å². The molecule has 1 unspecified atom stereocenters. The highest BCUT2D eigenvalue weighted by Crippen LogP contribution is 2.22. The van der Waals surface area contributed by atoms with Crippen LogP contribution in [-0.2, 0) is 0 Å². The second kappa shape index (κ2) is 11.5. The van der Waals surface area contributed by atoms with Gasteiger partial charge in [0.1, 0.15) is 5.75 Å². The molecule has 27 heavy (non-hydrogen) atoms. The quantitative estimate of drug-likeness (QED) is 0.577. The number of rotatable bonds is 6. The Morgan fingerprint density at radius 3 is 2.63 bits per heavy atom. The van der Waals surface area contributed by atoms with Crippen LogP contribution in [0.4, 0.5) is 0 Å². The zero-order valence-corrected chi connectivity index (χ0v) is 16.8. The Bertz CT molecular complexity index is 690. The van der Waals surface area contributed by atoms with Crippen LogP contribution in [0.1, 0.15) is 47.2 Å². The first-order valence-corrected chi connectivity index (χ1v) is 9.77. The third-order valence-electron chi connectivity index (χ3n) is 4.65. The van der Waals surface area contributed by atoms with Crippen molar-refractivity contribution >= 4 is 30.4 Å². The van der Waals surface area contributed by atoms with Crippen LogP contribution in [0.2, 0.25) is 0 Å². The predicted molar refractivity (Wildman–Crippen MR) is 113 cm³/mol. The van der Waals surface area contributed by atoms with Crippen LogP contribution in [0, 0.1) is 19.8 Å². The van der Waals surface area contributed by atoms with Crippen molar-refractivity contribution in [2.24, 2.45) is 15.9 Å². The number of carbonyl (C=O) groups is 1. The normalized spacial score (nSPS) is 20.0. The van der Waals surface area contributed by atoms with Gasteiger partial charge in [0.15, 0.2) is 6.29 Å². The molecule has 0 spiro atoms. The Kier molecular flexibility index (Phi) is 9.05. The lowest BCUT2D eigenvalue weighted by Crippen LogP contribution is -2.10. The molecule has 1 atom stereocenters. The summed E-state index contributed by atoms with van der Waals surface area (Å²) in [4.78, 5) is 19.8. The van der Waals surface area contributed by atoms with Gasteiger partial charge < -0.3 is 10.1 Å². The SMILES string of the molecule is Cc1cc(OCCCC2CCN=CN/C=C(/Cl)C=NCC2)cc(C)c1C=O. The number of hydrogen-bond acceptors (Lipinski definition) is 5. The molecule has 0 bridgehead atoms. The molecular weight excluding hydrogens is 362 g/mol. The van der Waals surface area contributed by atoms with Crippen LogP contribution < -0.4 is 10.1 Å². The molecule has 1 aliphatic heterocycles. The highest BCUT2D eigenvalue weighted by Gasteiger charge is 2.09. The second-order valence-corrected chi connectivity index (χ2v) is 7.23. The van der Waals surface area contributed by atoms with E-state index in [1.165, 1.54) is 0 Å². The minimum atomic E-state index is 0.561. The largest absolute Gasteiger partial charge is 0.494 e. The third kappa shape index (κ3) is 7.55. The first kappa shape index (κ1) is 21.2. The molecule has 0 aliphatic carbocycles. The minimum absolute atomic E-state index is 0.561. The smallest absolute Gasteiger partial charge is 0.150 e. The van der Waals surface area contributed by atoms with Crippen molar-refractivity contribution in [3.63, 3.8) is 0 Å².